The fourth-order valence-corrected chi connectivity index (χ4v) is 2.57. The molecule has 1 atom stereocenters. The Morgan fingerprint density at radius 2 is 2.47 bits per heavy atom. The molecule has 1 unspecified atom stereocenters. The number of nitrogens with one attached hydrogen (secondary N) is 1. The summed E-state index contributed by atoms with van der Waals surface area (Å²) in [6.45, 7) is 2.46. The number of halogens is 1. The van der Waals surface area contributed by atoms with Crippen molar-refractivity contribution in [2.45, 2.75) is 12.8 Å². The summed E-state index contributed by atoms with van der Waals surface area (Å²) >= 11 is 6.09. The van der Waals surface area contributed by atoms with Crippen LogP contribution < -0.4 is 10.2 Å². The second-order valence-electron chi connectivity index (χ2n) is 4.67. The van der Waals surface area contributed by atoms with Crippen molar-refractivity contribution in [3.05, 3.63) is 17.5 Å². The Hall–Kier alpha value is -1.40. The Kier molecular flexibility index (Phi) is 4.93. The summed E-state index contributed by atoms with van der Waals surface area (Å²) in [5.41, 5.74) is 0. The zero-order valence-corrected chi connectivity index (χ0v) is 11.3. The first kappa shape index (κ1) is 14.0. The van der Waals surface area contributed by atoms with Crippen molar-refractivity contribution in [1.82, 2.24) is 15.3 Å². The molecule has 0 aliphatic carbocycles. The monoisotopic (exact) mass is 284 g/mol. The Bertz CT molecular complexity index is 443. The lowest BCUT2D eigenvalue weighted by Crippen LogP contribution is -2.41. The van der Waals surface area contributed by atoms with Gasteiger partial charge in [0.2, 0.25) is 0 Å². The molecule has 1 aliphatic rings. The topological polar surface area (TPSA) is 78.4 Å². The molecular weight excluding hydrogens is 268 g/mol. The third-order valence-corrected chi connectivity index (χ3v) is 3.44. The van der Waals surface area contributed by atoms with Crippen LogP contribution in [0.3, 0.4) is 0 Å². The second-order valence-corrected chi connectivity index (χ2v) is 5.08. The molecular formula is C12H17ClN4O2. The van der Waals surface area contributed by atoms with Gasteiger partial charge in [0.25, 0.3) is 0 Å². The van der Waals surface area contributed by atoms with Crippen LogP contribution in [0.15, 0.2) is 12.5 Å². The zero-order chi connectivity index (χ0) is 13.7. The van der Waals surface area contributed by atoms with Gasteiger partial charge in [-0.05, 0) is 18.8 Å². The van der Waals surface area contributed by atoms with E-state index in [1.165, 1.54) is 6.33 Å². The van der Waals surface area contributed by atoms with Crippen LogP contribution in [0.5, 0.6) is 0 Å². The molecule has 2 rings (SSSR count). The van der Waals surface area contributed by atoms with Crippen molar-refractivity contribution in [3.63, 3.8) is 0 Å². The number of piperidine rings is 1. The molecule has 1 fully saturated rings. The van der Waals surface area contributed by atoms with Crippen LogP contribution in [0, 0.1) is 5.92 Å². The van der Waals surface area contributed by atoms with Crippen LogP contribution >= 0.6 is 11.6 Å². The highest BCUT2D eigenvalue weighted by molar-refractivity contribution is 6.32. The van der Waals surface area contributed by atoms with E-state index in [1.807, 2.05) is 0 Å². The molecule has 1 aliphatic heterocycles. The van der Waals surface area contributed by atoms with Gasteiger partial charge in [0.1, 0.15) is 11.3 Å². The number of aliphatic carboxylic acids is 1. The maximum absolute atomic E-state index is 10.5. The quantitative estimate of drug-likeness (QED) is 0.840. The summed E-state index contributed by atoms with van der Waals surface area (Å²) in [5, 5.41) is 12.1. The Labute approximate surface area is 116 Å². The zero-order valence-electron chi connectivity index (χ0n) is 10.5. The van der Waals surface area contributed by atoms with E-state index in [2.05, 4.69) is 20.2 Å². The molecule has 1 aromatic rings. The van der Waals surface area contributed by atoms with Gasteiger partial charge in [-0.2, -0.15) is 0 Å². The van der Waals surface area contributed by atoms with Crippen molar-refractivity contribution in [1.29, 1.82) is 0 Å². The largest absolute Gasteiger partial charge is 0.480 e. The van der Waals surface area contributed by atoms with Gasteiger partial charge in [-0.25, -0.2) is 9.97 Å². The standard InChI is InChI=1S/C12H17ClN4O2/c13-10-5-15-8-16-12(10)17-3-1-2-9(7-17)4-14-6-11(18)19/h5,8-9,14H,1-4,6-7H2,(H,18,19). The van der Waals surface area contributed by atoms with E-state index in [9.17, 15) is 4.79 Å². The molecule has 0 amide bonds. The first-order valence-corrected chi connectivity index (χ1v) is 6.67. The van der Waals surface area contributed by atoms with Gasteiger partial charge in [0.15, 0.2) is 5.82 Å². The van der Waals surface area contributed by atoms with Gasteiger partial charge in [0, 0.05) is 19.6 Å². The highest BCUT2D eigenvalue weighted by atomic mass is 35.5. The SMILES string of the molecule is O=C(O)CNCC1CCCN(c2ncncc2Cl)C1. The Morgan fingerprint density at radius 3 is 3.21 bits per heavy atom. The highest BCUT2D eigenvalue weighted by Gasteiger charge is 2.22. The van der Waals surface area contributed by atoms with Crippen molar-refractivity contribution in [2.24, 2.45) is 5.92 Å². The van der Waals surface area contributed by atoms with Crippen molar-refractivity contribution >= 4 is 23.4 Å². The molecule has 6 nitrogen and oxygen atoms in total. The fraction of sp³-hybridized carbons (Fsp3) is 0.583. The number of hydrogen-bond donors (Lipinski definition) is 2. The molecule has 0 spiro atoms. The number of carboxylic acid groups (broad SMARTS) is 1. The van der Waals surface area contributed by atoms with Gasteiger partial charge in [-0.1, -0.05) is 11.6 Å². The lowest BCUT2D eigenvalue weighted by atomic mass is 9.98. The van der Waals surface area contributed by atoms with Crippen molar-refractivity contribution in [2.75, 3.05) is 31.1 Å². The first-order valence-electron chi connectivity index (χ1n) is 6.30. The number of anilines is 1. The van der Waals surface area contributed by atoms with E-state index in [0.29, 0.717) is 17.5 Å². The molecule has 2 heterocycles. The fourth-order valence-electron chi connectivity index (χ4n) is 2.35. The average Bonchev–Trinajstić information content (AvgIpc) is 2.39. The van der Waals surface area contributed by atoms with Gasteiger partial charge >= 0.3 is 5.97 Å². The number of aromatic nitrogens is 2. The normalized spacial score (nSPS) is 19.4. The van der Waals surface area contributed by atoms with Crippen LogP contribution in [0.4, 0.5) is 5.82 Å². The minimum Gasteiger partial charge on any atom is -0.480 e. The molecule has 0 saturated carbocycles. The van der Waals surface area contributed by atoms with E-state index in [4.69, 9.17) is 16.7 Å². The smallest absolute Gasteiger partial charge is 0.317 e. The number of carbonyl (C=O) groups is 1. The minimum absolute atomic E-state index is 0.00473. The average molecular weight is 285 g/mol. The van der Waals surface area contributed by atoms with Crippen LogP contribution in [0.2, 0.25) is 5.02 Å². The summed E-state index contributed by atoms with van der Waals surface area (Å²) in [7, 11) is 0. The van der Waals surface area contributed by atoms with Gasteiger partial charge < -0.3 is 15.3 Å². The Morgan fingerprint density at radius 1 is 1.63 bits per heavy atom. The molecule has 7 heteroatoms. The molecule has 104 valence electrons. The predicted molar refractivity (Wildman–Crippen MR) is 72.5 cm³/mol. The first-order chi connectivity index (χ1) is 9.16. The number of hydrogen-bond acceptors (Lipinski definition) is 5. The molecule has 0 radical (unpaired) electrons. The van der Waals surface area contributed by atoms with Gasteiger partial charge in [0.05, 0.1) is 12.7 Å². The minimum atomic E-state index is -0.827. The van der Waals surface area contributed by atoms with Crippen LogP contribution in [0.1, 0.15) is 12.8 Å². The Balaban J connectivity index is 1.90. The van der Waals surface area contributed by atoms with E-state index < -0.39 is 5.97 Å². The lowest BCUT2D eigenvalue weighted by Gasteiger charge is -2.33. The number of nitrogens with zero attached hydrogens (tertiary/aromatic N) is 3. The van der Waals surface area contributed by atoms with Gasteiger partial charge in [-0.3, -0.25) is 4.79 Å². The van der Waals surface area contributed by atoms with E-state index in [1.54, 1.807) is 6.20 Å². The summed E-state index contributed by atoms with van der Waals surface area (Å²) < 4.78 is 0. The predicted octanol–water partition coefficient (Wildman–Crippen LogP) is 1.02. The third kappa shape index (κ3) is 4.04. The molecule has 2 N–H and O–H groups in total. The van der Waals surface area contributed by atoms with Crippen LogP contribution in [-0.2, 0) is 4.79 Å². The van der Waals surface area contributed by atoms with E-state index in [0.717, 1.165) is 31.7 Å². The summed E-state index contributed by atoms with van der Waals surface area (Å²) in [4.78, 5) is 20.7. The van der Waals surface area contributed by atoms with Crippen LogP contribution in [-0.4, -0.2) is 47.2 Å². The summed E-state index contributed by atoms with van der Waals surface area (Å²) in [6.07, 6.45) is 5.23. The van der Waals surface area contributed by atoms with Gasteiger partial charge in [-0.15, -0.1) is 0 Å². The van der Waals surface area contributed by atoms with E-state index in [-0.39, 0.29) is 6.54 Å². The molecule has 1 aromatic heterocycles. The number of carboxylic acids is 1. The molecule has 0 aromatic carbocycles. The summed E-state index contributed by atoms with van der Waals surface area (Å²) in [6, 6.07) is 0. The lowest BCUT2D eigenvalue weighted by molar-refractivity contribution is -0.136. The maximum Gasteiger partial charge on any atom is 0.317 e. The number of rotatable bonds is 5. The molecule has 1 saturated heterocycles. The van der Waals surface area contributed by atoms with E-state index >= 15 is 0 Å². The summed E-state index contributed by atoms with van der Waals surface area (Å²) in [5.74, 6) is 0.352. The molecule has 19 heavy (non-hydrogen) atoms. The third-order valence-electron chi connectivity index (χ3n) is 3.18. The van der Waals surface area contributed by atoms with Crippen molar-refractivity contribution < 1.29 is 9.90 Å². The second kappa shape index (κ2) is 6.68. The molecule has 0 bridgehead atoms. The maximum atomic E-state index is 10.5. The van der Waals surface area contributed by atoms with Crippen molar-refractivity contribution in [3.8, 4) is 0 Å². The highest BCUT2D eigenvalue weighted by Crippen LogP contribution is 2.26. The van der Waals surface area contributed by atoms with Crippen LogP contribution in [0.25, 0.3) is 0 Å².